The molecular weight excluding hydrogens is 448 g/mol. The van der Waals surface area contributed by atoms with Crippen molar-refractivity contribution in [2.24, 2.45) is 0 Å². The first kappa shape index (κ1) is 24.5. The molecule has 35 heavy (non-hydrogen) atoms. The zero-order valence-electron chi connectivity index (χ0n) is 20.3. The number of fused-ring (bicyclic) bond motifs is 2. The minimum atomic E-state index is -0.397. The molecule has 2 aromatic rings. The lowest BCUT2D eigenvalue weighted by Crippen LogP contribution is -2.54. The lowest BCUT2D eigenvalue weighted by molar-refractivity contribution is -0.133. The summed E-state index contributed by atoms with van der Waals surface area (Å²) in [5, 5.41) is 8.41. The molecule has 9 heteroatoms. The average molecular weight is 481 g/mol. The number of amides is 4. The van der Waals surface area contributed by atoms with Gasteiger partial charge in [-0.3, -0.25) is 9.59 Å². The fourth-order valence-corrected chi connectivity index (χ4v) is 4.58. The van der Waals surface area contributed by atoms with Gasteiger partial charge in [-0.15, -0.1) is 0 Å². The van der Waals surface area contributed by atoms with Crippen molar-refractivity contribution in [2.45, 2.75) is 51.4 Å². The molecule has 0 saturated carbocycles. The van der Waals surface area contributed by atoms with E-state index in [1.54, 1.807) is 30.1 Å². The van der Waals surface area contributed by atoms with Crippen LogP contribution in [0.3, 0.4) is 0 Å². The van der Waals surface area contributed by atoms with Gasteiger partial charge in [0.2, 0.25) is 5.91 Å². The fraction of sp³-hybridized carbons (Fsp3) is 0.423. The first-order valence-corrected chi connectivity index (χ1v) is 12.0. The number of aryl methyl sites for hydroxylation is 1. The number of nitrogens with zero attached hydrogens (tertiary/aromatic N) is 1. The molecule has 2 aliphatic heterocycles. The van der Waals surface area contributed by atoms with Crippen LogP contribution in [0.25, 0.3) is 0 Å². The number of likely N-dealkylation sites (N-methyl/N-ethyl adjacent to an activating group) is 1. The van der Waals surface area contributed by atoms with E-state index in [2.05, 4.69) is 16.0 Å². The molecule has 0 aliphatic carbocycles. The molecular formula is C26H32N4O5. The molecule has 0 radical (unpaired) electrons. The Balaban J connectivity index is 1.46. The van der Waals surface area contributed by atoms with Crippen LogP contribution in [0.4, 0.5) is 16.2 Å². The Kier molecular flexibility index (Phi) is 7.55. The summed E-state index contributed by atoms with van der Waals surface area (Å²) < 4.78 is 12.2. The highest BCUT2D eigenvalue weighted by Gasteiger charge is 2.39. The maximum atomic E-state index is 13.4. The number of benzene rings is 2. The summed E-state index contributed by atoms with van der Waals surface area (Å²) in [5.41, 5.74) is 2.52. The predicted octanol–water partition coefficient (Wildman–Crippen LogP) is 3.55. The van der Waals surface area contributed by atoms with Crippen LogP contribution >= 0.6 is 0 Å². The van der Waals surface area contributed by atoms with Crippen molar-refractivity contribution in [3.05, 3.63) is 53.6 Å². The van der Waals surface area contributed by atoms with Crippen molar-refractivity contribution in [2.75, 3.05) is 30.8 Å². The first-order chi connectivity index (χ1) is 16.9. The number of carbonyl (C=O) groups excluding carboxylic acids is 3. The molecule has 4 amide bonds. The van der Waals surface area contributed by atoms with Crippen LogP contribution in [0.15, 0.2) is 42.5 Å². The molecule has 2 aromatic carbocycles. The van der Waals surface area contributed by atoms with Gasteiger partial charge in [-0.2, -0.15) is 0 Å². The van der Waals surface area contributed by atoms with Gasteiger partial charge in [0.1, 0.15) is 18.5 Å². The van der Waals surface area contributed by atoms with E-state index in [4.69, 9.17) is 9.47 Å². The van der Waals surface area contributed by atoms with E-state index < -0.39 is 6.03 Å². The monoisotopic (exact) mass is 480 g/mol. The van der Waals surface area contributed by atoms with E-state index in [0.29, 0.717) is 48.5 Å². The summed E-state index contributed by atoms with van der Waals surface area (Å²) in [6.07, 6.45) is 1.16. The standard InChI is InChI=1S/C26H32N4O5/c1-4-27-24(31)14-18-10-11-21-23(35-18)15-34-22-12-9-17(13-19(22)25(32)30(21)3)28-26(33)29-20-8-6-5-7-16(20)2/h5-9,12-13,18,21,23H,4,10-11,14-15H2,1-3H3,(H,27,31)(H2,28,29,33)/t18-,21+,23+/m1/s1. The lowest BCUT2D eigenvalue weighted by atomic mass is 9.94. The zero-order chi connectivity index (χ0) is 24.9. The third kappa shape index (κ3) is 5.74. The van der Waals surface area contributed by atoms with E-state index in [1.165, 1.54) is 0 Å². The molecule has 0 aromatic heterocycles. The van der Waals surface area contributed by atoms with Gasteiger partial charge < -0.3 is 30.3 Å². The van der Waals surface area contributed by atoms with E-state index in [-0.39, 0.29) is 36.7 Å². The Hall–Kier alpha value is -3.59. The first-order valence-electron chi connectivity index (χ1n) is 12.0. The van der Waals surface area contributed by atoms with Gasteiger partial charge in [0.25, 0.3) is 5.91 Å². The number of anilines is 2. The van der Waals surface area contributed by atoms with E-state index in [9.17, 15) is 14.4 Å². The second kappa shape index (κ2) is 10.8. The second-order valence-corrected chi connectivity index (χ2v) is 8.93. The minimum absolute atomic E-state index is 0.0380. The molecule has 2 aliphatic rings. The van der Waals surface area contributed by atoms with Crippen LogP contribution in [0.5, 0.6) is 5.75 Å². The smallest absolute Gasteiger partial charge is 0.323 e. The number of rotatable bonds is 5. The van der Waals surface area contributed by atoms with E-state index >= 15 is 0 Å². The van der Waals surface area contributed by atoms with Gasteiger partial charge in [-0.25, -0.2) is 4.79 Å². The van der Waals surface area contributed by atoms with Gasteiger partial charge in [0.05, 0.1) is 24.1 Å². The highest BCUT2D eigenvalue weighted by Crippen LogP contribution is 2.32. The molecule has 0 spiro atoms. The Morgan fingerprint density at radius 1 is 1.11 bits per heavy atom. The maximum absolute atomic E-state index is 13.4. The number of para-hydroxylation sites is 1. The van der Waals surface area contributed by atoms with E-state index in [1.807, 2.05) is 38.1 Å². The van der Waals surface area contributed by atoms with Gasteiger partial charge in [-0.1, -0.05) is 18.2 Å². The summed E-state index contributed by atoms with van der Waals surface area (Å²) in [5.74, 6) is 0.187. The van der Waals surface area contributed by atoms with Crippen molar-refractivity contribution in [1.82, 2.24) is 10.2 Å². The van der Waals surface area contributed by atoms with E-state index in [0.717, 1.165) is 5.56 Å². The molecule has 3 N–H and O–H groups in total. The molecule has 1 saturated heterocycles. The highest BCUT2D eigenvalue weighted by molar-refractivity contribution is 6.02. The summed E-state index contributed by atoms with van der Waals surface area (Å²) >= 11 is 0. The van der Waals surface area contributed by atoms with Crippen molar-refractivity contribution in [3.8, 4) is 5.75 Å². The van der Waals surface area contributed by atoms with Crippen LogP contribution in [-0.4, -0.2) is 61.2 Å². The molecule has 186 valence electrons. The van der Waals surface area contributed by atoms with Gasteiger partial charge in [0.15, 0.2) is 0 Å². The van der Waals surface area contributed by atoms with Gasteiger partial charge in [0, 0.05) is 25.0 Å². The molecule has 1 fully saturated rings. The quantitative estimate of drug-likeness (QED) is 0.607. The van der Waals surface area contributed by atoms with Crippen LogP contribution in [0, 0.1) is 6.92 Å². The number of nitrogens with one attached hydrogen (secondary N) is 3. The molecule has 0 unspecified atom stereocenters. The Morgan fingerprint density at radius 2 is 1.91 bits per heavy atom. The van der Waals surface area contributed by atoms with Crippen molar-refractivity contribution >= 4 is 29.2 Å². The van der Waals surface area contributed by atoms with Crippen molar-refractivity contribution < 1.29 is 23.9 Å². The molecule has 3 atom stereocenters. The second-order valence-electron chi connectivity index (χ2n) is 8.93. The minimum Gasteiger partial charge on any atom is -0.490 e. The molecule has 4 rings (SSSR count). The summed E-state index contributed by atoms with van der Waals surface area (Å²) in [4.78, 5) is 39.5. The molecule has 0 bridgehead atoms. The van der Waals surface area contributed by atoms with Gasteiger partial charge >= 0.3 is 6.03 Å². The highest BCUT2D eigenvalue weighted by atomic mass is 16.5. The number of urea groups is 1. The summed E-state index contributed by atoms with van der Waals surface area (Å²) in [6, 6.07) is 11.9. The van der Waals surface area contributed by atoms with Crippen LogP contribution in [0.2, 0.25) is 0 Å². The van der Waals surface area contributed by atoms with Crippen LogP contribution in [-0.2, 0) is 9.53 Å². The Bertz CT molecular complexity index is 1100. The fourth-order valence-electron chi connectivity index (χ4n) is 4.58. The van der Waals surface area contributed by atoms with Gasteiger partial charge in [-0.05, 0) is 56.5 Å². The number of ether oxygens (including phenoxy) is 2. The predicted molar refractivity (Wildman–Crippen MR) is 133 cm³/mol. The Morgan fingerprint density at radius 3 is 2.69 bits per heavy atom. The maximum Gasteiger partial charge on any atom is 0.323 e. The third-order valence-corrected chi connectivity index (χ3v) is 6.45. The Labute approximate surface area is 205 Å². The topological polar surface area (TPSA) is 109 Å². The third-order valence-electron chi connectivity index (χ3n) is 6.45. The normalized spacial score (nSPS) is 21.5. The SMILES string of the molecule is CCNC(=O)C[C@H]1CC[C@H]2[C@H](COc3ccc(NC(=O)Nc4ccccc4C)cc3C(=O)N2C)O1. The summed E-state index contributed by atoms with van der Waals surface area (Å²) in [7, 11) is 1.76. The molecule has 9 nitrogen and oxygen atoms in total. The number of carbonyl (C=O) groups is 3. The van der Waals surface area contributed by atoms with Crippen LogP contribution < -0.4 is 20.7 Å². The summed E-state index contributed by atoms with van der Waals surface area (Å²) in [6.45, 7) is 4.64. The van der Waals surface area contributed by atoms with Crippen molar-refractivity contribution in [1.29, 1.82) is 0 Å². The zero-order valence-corrected chi connectivity index (χ0v) is 20.3. The number of hydrogen-bond acceptors (Lipinski definition) is 5. The molecule has 2 heterocycles. The van der Waals surface area contributed by atoms with Crippen molar-refractivity contribution in [3.63, 3.8) is 0 Å². The lowest BCUT2D eigenvalue weighted by Gasteiger charge is -2.42. The number of hydrogen-bond donors (Lipinski definition) is 3. The van der Waals surface area contributed by atoms with Crippen LogP contribution in [0.1, 0.15) is 42.1 Å². The average Bonchev–Trinajstić information content (AvgIpc) is 2.83. The largest absolute Gasteiger partial charge is 0.490 e.